The summed E-state index contributed by atoms with van der Waals surface area (Å²) in [6.45, 7) is -1.01. The van der Waals surface area contributed by atoms with Crippen molar-refractivity contribution in [1.29, 1.82) is 5.26 Å². The highest BCUT2D eigenvalue weighted by Gasteiger charge is 2.14. The molecule has 19 heavy (non-hydrogen) atoms. The van der Waals surface area contributed by atoms with Crippen LogP contribution in [-0.2, 0) is 0 Å². The molecule has 0 aliphatic heterocycles. The molecule has 0 saturated carbocycles. The lowest BCUT2D eigenvalue weighted by atomic mass is 10.1. The fourth-order valence-electron chi connectivity index (χ4n) is 1.46. The zero-order valence-electron chi connectivity index (χ0n) is 10.4. The molecule has 0 amide bonds. The van der Waals surface area contributed by atoms with E-state index in [1.54, 1.807) is 6.92 Å². The Morgan fingerprint density at radius 3 is 2.74 bits per heavy atom. The number of rotatable bonds is 7. The molecule has 0 heterocycles. The number of hydrogen-bond acceptors (Lipinski definition) is 4. The van der Waals surface area contributed by atoms with Crippen LogP contribution in [0, 0.1) is 11.3 Å². The third-order valence-corrected chi connectivity index (χ3v) is 2.25. The fourth-order valence-corrected chi connectivity index (χ4v) is 1.46. The van der Waals surface area contributed by atoms with Gasteiger partial charge < -0.3 is 9.47 Å². The second kappa shape index (κ2) is 7.31. The van der Waals surface area contributed by atoms with Gasteiger partial charge in [-0.3, -0.25) is 4.79 Å². The first-order valence-corrected chi connectivity index (χ1v) is 5.70. The molecule has 1 aromatic carbocycles. The van der Waals surface area contributed by atoms with E-state index in [1.807, 2.05) is 6.07 Å². The summed E-state index contributed by atoms with van der Waals surface area (Å²) in [7, 11) is 0. The summed E-state index contributed by atoms with van der Waals surface area (Å²) >= 11 is 0. The first-order chi connectivity index (χ1) is 9.08. The topological polar surface area (TPSA) is 59.3 Å². The Labute approximate surface area is 109 Å². The highest BCUT2D eigenvalue weighted by atomic mass is 19.3. The smallest absolute Gasteiger partial charge is 0.387 e. The Morgan fingerprint density at radius 2 is 2.16 bits per heavy atom. The minimum absolute atomic E-state index is 0.0805. The Bertz CT molecular complexity index is 483. The first-order valence-electron chi connectivity index (χ1n) is 5.70. The number of halogens is 2. The molecular formula is C13H13F2NO3. The summed E-state index contributed by atoms with van der Waals surface area (Å²) < 4.78 is 33.8. The number of nitriles is 1. The van der Waals surface area contributed by atoms with Crippen molar-refractivity contribution in [2.24, 2.45) is 0 Å². The van der Waals surface area contributed by atoms with Crippen molar-refractivity contribution >= 4 is 5.78 Å². The van der Waals surface area contributed by atoms with Crippen LogP contribution in [0.4, 0.5) is 8.78 Å². The highest BCUT2D eigenvalue weighted by Crippen LogP contribution is 2.30. The third-order valence-electron chi connectivity index (χ3n) is 2.25. The lowest BCUT2D eigenvalue weighted by Crippen LogP contribution is -2.06. The van der Waals surface area contributed by atoms with Crippen LogP contribution in [0.15, 0.2) is 18.2 Å². The summed E-state index contributed by atoms with van der Waals surface area (Å²) in [5.74, 6) is -0.273. The van der Waals surface area contributed by atoms with Crippen molar-refractivity contribution in [1.82, 2.24) is 0 Å². The van der Waals surface area contributed by atoms with E-state index < -0.39 is 6.61 Å². The number of benzene rings is 1. The van der Waals surface area contributed by atoms with Gasteiger partial charge in [-0.2, -0.15) is 14.0 Å². The van der Waals surface area contributed by atoms with Crippen LogP contribution in [0.25, 0.3) is 0 Å². The lowest BCUT2D eigenvalue weighted by Gasteiger charge is -2.12. The van der Waals surface area contributed by atoms with E-state index in [0.717, 1.165) is 0 Å². The van der Waals surface area contributed by atoms with E-state index >= 15 is 0 Å². The van der Waals surface area contributed by atoms with Gasteiger partial charge in [-0.1, -0.05) is 0 Å². The van der Waals surface area contributed by atoms with Crippen LogP contribution >= 0.6 is 0 Å². The van der Waals surface area contributed by atoms with Gasteiger partial charge in [-0.15, -0.1) is 0 Å². The zero-order valence-corrected chi connectivity index (χ0v) is 10.4. The van der Waals surface area contributed by atoms with Crippen LogP contribution in [0.1, 0.15) is 30.1 Å². The molecule has 1 rings (SSSR count). The van der Waals surface area contributed by atoms with Gasteiger partial charge in [0.25, 0.3) is 0 Å². The molecule has 0 unspecified atom stereocenters. The molecule has 1 aromatic rings. The normalized spacial score (nSPS) is 10.1. The first kappa shape index (κ1) is 14.9. The van der Waals surface area contributed by atoms with Gasteiger partial charge in [-0.25, -0.2) is 0 Å². The average molecular weight is 269 g/mol. The van der Waals surface area contributed by atoms with Gasteiger partial charge in [0.15, 0.2) is 17.3 Å². The molecule has 0 radical (unpaired) electrons. The predicted molar refractivity (Wildman–Crippen MR) is 63.4 cm³/mol. The van der Waals surface area contributed by atoms with E-state index in [2.05, 4.69) is 4.74 Å². The minimum Gasteiger partial charge on any atom is -0.490 e. The van der Waals surface area contributed by atoms with Gasteiger partial charge in [-0.05, 0) is 25.1 Å². The number of hydrogen-bond donors (Lipinski definition) is 0. The van der Waals surface area contributed by atoms with Gasteiger partial charge >= 0.3 is 6.61 Å². The molecule has 0 aliphatic rings. The largest absolute Gasteiger partial charge is 0.490 e. The molecule has 0 spiro atoms. The van der Waals surface area contributed by atoms with Crippen LogP contribution < -0.4 is 9.47 Å². The number of ketones is 1. The number of carbonyl (C=O) groups is 1. The quantitative estimate of drug-likeness (QED) is 0.713. The van der Waals surface area contributed by atoms with Crippen LogP contribution in [-0.4, -0.2) is 19.0 Å². The molecule has 0 atom stereocenters. The SMILES string of the molecule is CCOc1cc(C(=O)CCC#N)ccc1OC(F)F. The summed E-state index contributed by atoms with van der Waals surface area (Å²) in [5.41, 5.74) is 0.306. The van der Waals surface area contributed by atoms with Crippen molar-refractivity contribution in [2.75, 3.05) is 6.61 Å². The van der Waals surface area contributed by atoms with Crippen molar-refractivity contribution < 1.29 is 23.0 Å². The second-order valence-electron chi connectivity index (χ2n) is 3.55. The molecule has 0 N–H and O–H groups in total. The Kier molecular flexibility index (Phi) is 5.73. The molecule has 0 bridgehead atoms. The van der Waals surface area contributed by atoms with E-state index in [0.29, 0.717) is 5.56 Å². The number of alkyl halides is 2. The zero-order chi connectivity index (χ0) is 14.3. The van der Waals surface area contributed by atoms with E-state index in [-0.39, 0.29) is 36.7 Å². The van der Waals surface area contributed by atoms with Crippen molar-refractivity contribution in [2.45, 2.75) is 26.4 Å². The Hall–Kier alpha value is -2.16. The molecular weight excluding hydrogens is 256 g/mol. The number of carbonyl (C=O) groups excluding carboxylic acids is 1. The molecule has 0 saturated heterocycles. The summed E-state index contributed by atoms with van der Waals surface area (Å²) in [6.07, 6.45) is 0.190. The summed E-state index contributed by atoms with van der Waals surface area (Å²) in [6, 6.07) is 5.85. The van der Waals surface area contributed by atoms with E-state index in [1.165, 1.54) is 18.2 Å². The molecule has 0 fully saturated rings. The Morgan fingerprint density at radius 1 is 1.42 bits per heavy atom. The number of ether oxygens (including phenoxy) is 2. The van der Waals surface area contributed by atoms with Crippen molar-refractivity contribution in [3.63, 3.8) is 0 Å². The van der Waals surface area contributed by atoms with Crippen LogP contribution in [0.5, 0.6) is 11.5 Å². The standard InChI is InChI=1S/C13H13F2NO3/c1-2-18-12-8-9(10(17)4-3-7-16)5-6-11(12)19-13(14)15/h5-6,8,13H,2-4H2,1H3. The number of nitrogens with zero attached hydrogens (tertiary/aromatic N) is 1. The lowest BCUT2D eigenvalue weighted by molar-refractivity contribution is -0.0514. The third kappa shape index (κ3) is 4.54. The van der Waals surface area contributed by atoms with E-state index in [9.17, 15) is 13.6 Å². The van der Waals surface area contributed by atoms with Gasteiger partial charge in [0.1, 0.15) is 0 Å². The second-order valence-corrected chi connectivity index (χ2v) is 3.55. The van der Waals surface area contributed by atoms with Crippen LogP contribution in [0.3, 0.4) is 0 Å². The molecule has 4 nitrogen and oxygen atoms in total. The maximum atomic E-state index is 12.2. The maximum absolute atomic E-state index is 12.2. The monoisotopic (exact) mass is 269 g/mol. The van der Waals surface area contributed by atoms with Gasteiger partial charge in [0.2, 0.25) is 0 Å². The average Bonchev–Trinajstić information content (AvgIpc) is 2.37. The van der Waals surface area contributed by atoms with Crippen LogP contribution in [0.2, 0.25) is 0 Å². The predicted octanol–water partition coefficient (Wildman–Crippen LogP) is 3.17. The van der Waals surface area contributed by atoms with E-state index in [4.69, 9.17) is 10.00 Å². The minimum atomic E-state index is -2.96. The highest BCUT2D eigenvalue weighted by molar-refractivity contribution is 5.96. The maximum Gasteiger partial charge on any atom is 0.387 e. The van der Waals surface area contributed by atoms with Crippen molar-refractivity contribution in [3.05, 3.63) is 23.8 Å². The molecule has 0 aliphatic carbocycles. The summed E-state index contributed by atoms with van der Waals surface area (Å²) in [4.78, 5) is 11.7. The number of Topliss-reactive ketones (excluding diaryl/α,β-unsaturated/α-hetero) is 1. The molecule has 6 heteroatoms. The summed E-state index contributed by atoms with van der Waals surface area (Å²) in [5, 5.41) is 8.41. The fraction of sp³-hybridized carbons (Fsp3) is 0.385. The molecule has 102 valence electrons. The van der Waals surface area contributed by atoms with Gasteiger partial charge in [0.05, 0.1) is 12.7 Å². The Balaban J connectivity index is 2.95. The van der Waals surface area contributed by atoms with Crippen molar-refractivity contribution in [3.8, 4) is 17.6 Å². The van der Waals surface area contributed by atoms with Gasteiger partial charge in [0, 0.05) is 18.4 Å². The molecule has 0 aromatic heterocycles.